The van der Waals surface area contributed by atoms with E-state index >= 15 is 0 Å². The van der Waals surface area contributed by atoms with Gasteiger partial charge in [0.25, 0.3) is 0 Å². The summed E-state index contributed by atoms with van der Waals surface area (Å²) in [5, 5.41) is 2.52. The molecule has 1 heterocycles. The van der Waals surface area contributed by atoms with Crippen LogP contribution in [0.4, 0.5) is 0 Å². The number of aryl methyl sites for hydroxylation is 2. The van der Waals surface area contributed by atoms with Crippen molar-refractivity contribution in [3.63, 3.8) is 0 Å². The molecule has 0 aliphatic rings. The summed E-state index contributed by atoms with van der Waals surface area (Å²) in [5.74, 6) is 0.969. The molecule has 0 spiro atoms. The first-order valence-corrected chi connectivity index (χ1v) is 6.09. The van der Waals surface area contributed by atoms with Gasteiger partial charge in [0.15, 0.2) is 0 Å². The number of aromatic nitrogens is 2. The summed E-state index contributed by atoms with van der Waals surface area (Å²) in [7, 11) is 0. The van der Waals surface area contributed by atoms with Crippen molar-refractivity contribution < 1.29 is 0 Å². The van der Waals surface area contributed by atoms with E-state index in [2.05, 4.69) is 47.2 Å². The predicted octanol–water partition coefficient (Wildman–Crippen LogP) is 4.36. The summed E-state index contributed by atoms with van der Waals surface area (Å²) >= 11 is 0. The number of nitrogens with one attached hydrogen (secondary N) is 1. The summed E-state index contributed by atoms with van der Waals surface area (Å²) in [6, 6.07) is 10.8. The van der Waals surface area contributed by atoms with Gasteiger partial charge in [-0.2, -0.15) is 0 Å². The van der Waals surface area contributed by atoms with E-state index in [1.54, 1.807) is 0 Å². The van der Waals surface area contributed by atoms with E-state index in [1.165, 1.54) is 16.3 Å². The van der Waals surface area contributed by atoms with Crippen molar-refractivity contribution in [3.05, 3.63) is 41.7 Å². The maximum atomic E-state index is 4.43. The number of fused-ring (bicyclic) bond motifs is 2. The van der Waals surface area contributed by atoms with Gasteiger partial charge in [-0.05, 0) is 36.8 Å². The van der Waals surface area contributed by atoms with Crippen molar-refractivity contribution in [1.82, 2.24) is 9.97 Å². The van der Waals surface area contributed by atoms with Gasteiger partial charge in [0.1, 0.15) is 5.82 Å². The Morgan fingerprint density at radius 3 is 2.47 bits per heavy atom. The standard InChI is InChI=1S/C13H12N2.C2H6/c1-8-3-4-10-6-12-13(7-11(10)5-8)15-9(2)14-12;1-2/h3-7H,1-2H3,(H,14,15);1-2H3. The molecule has 2 heteroatoms. The number of nitrogens with zero attached hydrogens (tertiary/aromatic N) is 1. The molecule has 3 aromatic rings. The number of H-pyrrole nitrogens is 1. The number of benzene rings is 2. The average Bonchev–Trinajstić information content (AvgIpc) is 2.68. The van der Waals surface area contributed by atoms with Crippen molar-refractivity contribution in [3.8, 4) is 0 Å². The lowest BCUT2D eigenvalue weighted by Crippen LogP contribution is -1.76. The van der Waals surface area contributed by atoms with Crippen LogP contribution in [0.25, 0.3) is 21.8 Å². The lowest BCUT2D eigenvalue weighted by molar-refractivity contribution is 1.17. The van der Waals surface area contributed by atoms with Crippen molar-refractivity contribution in [2.45, 2.75) is 27.7 Å². The largest absolute Gasteiger partial charge is 0.342 e. The molecule has 1 N–H and O–H groups in total. The second kappa shape index (κ2) is 4.58. The molecule has 17 heavy (non-hydrogen) atoms. The minimum absolute atomic E-state index is 0.969. The molecule has 0 saturated heterocycles. The second-order valence-corrected chi connectivity index (χ2v) is 4.04. The number of imidazole rings is 1. The van der Waals surface area contributed by atoms with E-state index in [0.29, 0.717) is 0 Å². The monoisotopic (exact) mass is 226 g/mol. The Labute approximate surface area is 102 Å². The molecule has 2 nitrogen and oxygen atoms in total. The summed E-state index contributed by atoms with van der Waals surface area (Å²) in [6.45, 7) is 8.10. The Kier molecular flexibility index (Phi) is 3.14. The highest BCUT2D eigenvalue weighted by Gasteiger charge is 2.01. The van der Waals surface area contributed by atoms with Gasteiger partial charge >= 0.3 is 0 Å². The van der Waals surface area contributed by atoms with Crippen LogP contribution < -0.4 is 0 Å². The van der Waals surface area contributed by atoms with Gasteiger partial charge in [0.2, 0.25) is 0 Å². The van der Waals surface area contributed by atoms with E-state index in [-0.39, 0.29) is 0 Å². The Balaban J connectivity index is 0.000000514. The van der Waals surface area contributed by atoms with Crippen molar-refractivity contribution in [2.75, 3.05) is 0 Å². The first-order valence-electron chi connectivity index (χ1n) is 6.09. The lowest BCUT2D eigenvalue weighted by Gasteiger charge is -1.99. The molecule has 0 radical (unpaired) electrons. The summed E-state index contributed by atoms with van der Waals surface area (Å²) in [6.07, 6.45) is 0. The van der Waals surface area contributed by atoms with Crippen LogP contribution in [-0.2, 0) is 0 Å². The predicted molar refractivity (Wildman–Crippen MR) is 74.4 cm³/mol. The Morgan fingerprint density at radius 1 is 0.941 bits per heavy atom. The van der Waals surface area contributed by atoms with Gasteiger partial charge in [0, 0.05) is 0 Å². The molecule has 2 aromatic carbocycles. The summed E-state index contributed by atoms with van der Waals surface area (Å²) in [4.78, 5) is 7.69. The van der Waals surface area contributed by atoms with Gasteiger partial charge in [-0.25, -0.2) is 4.98 Å². The maximum Gasteiger partial charge on any atom is 0.104 e. The van der Waals surface area contributed by atoms with E-state index in [4.69, 9.17) is 0 Å². The van der Waals surface area contributed by atoms with E-state index in [0.717, 1.165) is 16.9 Å². The lowest BCUT2D eigenvalue weighted by atomic mass is 10.1. The van der Waals surface area contributed by atoms with Crippen LogP contribution >= 0.6 is 0 Å². The first-order chi connectivity index (χ1) is 8.22. The second-order valence-electron chi connectivity index (χ2n) is 4.04. The molecular formula is C15H18N2. The molecule has 0 bridgehead atoms. The van der Waals surface area contributed by atoms with Gasteiger partial charge in [-0.15, -0.1) is 0 Å². The minimum atomic E-state index is 0.969. The zero-order valence-electron chi connectivity index (χ0n) is 10.8. The molecule has 0 aliphatic heterocycles. The summed E-state index contributed by atoms with van der Waals surface area (Å²) < 4.78 is 0. The highest BCUT2D eigenvalue weighted by Crippen LogP contribution is 2.22. The highest BCUT2D eigenvalue weighted by molar-refractivity contribution is 5.95. The Hall–Kier alpha value is -1.83. The quantitative estimate of drug-likeness (QED) is 0.606. The zero-order valence-corrected chi connectivity index (χ0v) is 10.8. The van der Waals surface area contributed by atoms with Crippen LogP contribution in [0, 0.1) is 13.8 Å². The van der Waals surface area contributed by atoms with Gasteiger partial charge in [0.05, 0.1) is 11.0 Å². The van der Waals surface area contributed by atoms with E-state index < -0.39 is 0 Å². The third-order valence-electron chi connectivity index (χ3n) is 2.71. The smallest absolute Gasteiger partial charge is 0.104 e. The SMILES string of the molecule is CC.Cc1ccc2cc3nc(C)[nH]c3cc2c1. The van der Waals surface area contributed by atoms with Gasteiger partial charge < -0.3 is 4.98 Å². The molecule has 0 saturated carbocycles. The van der Waals surface area contributed by atoms with Crippen LogP contribution in [0.5, 0.6) is 0 Å². The average molecular weight is 226 g/mol. The fourth-order valence-electron chi connectivity index (χ4n) is 2.00. The van der Waals surface area contributed by atoms with Crippen LogP contribution in [0.1, 0.15) is 25.2 Å². The number of hydrogen-bond donors (Lipinski definition) is 1. The van der Waals surface area contributed by atoms with Crippen LogP contribution in [0.15, 0.2) is 30.3 Å². The first kappa shape index (κ1) is 11.6. The van der Waals surface area contributed by atoms with Gasteiger partial charge in [-0.3, -0.25) is 0 Å². The van der Waals surface area contributed by atoms with Crippen LogP contribution in [0.3, 0.4) is 0 Å². The summed E-state index contributed by atoms with van der Waals surface area (Å²) in [5.41, 5.74) is 3.45. The number of rotatable bonds is 0. The molecule has 1 aromatic heterocycles. The Morgan fingerprint density at radius 2 is 1.71 bits per heavy atom. The molecule has 0 unspecified atom stereocenters. The van der Waals surface area contributed by atoms with Gasteiger partial charge in [-0.1, -0.05) is 37.6 Å². The molecule has 0 aliphatic carbocycles. The zero-order chi connectivity index (χ0) is 12.4. The highest BCUT2D eigenvalue weighted by atomic mass is 14.9. The third kappa shape index (κ3) is 2.16. The van der Waals surface area contributed by atoms with Crippen molar-refractivity contribution in [2.24, 2.45) is 0 Å². The Bertz CT molecular complexity index is 650. The minimum Gasteiger partial charge on any atom is -0.342 e. The molecule has 0 amide bonds. The molecule has 3 rings (SSSR count). The molecule has 0 atom stereocenters. The van der Waals surface area contributed by atoms with Crippen molar-refractivity contribution >= 4 is 21.8 Å². The molecule has 88 valence electrons. The van der Waals surface area contributed by atoms with Crippen LogP contribution in [0.2, 0.25) is 0 Å². The normalized spacial score (nSPS) is 10.4. The van der Waals surface area contributed by atoms with Crippen LogP contribution in [-0.4, -0.2) is 9.97 Å². The molecular weight excluding hydrogens is 208 g/mol. The van der Waals surface area contributed by atoms with Crippen molar-refractivity contribution in [1.29, 1.82) is 0 Å². The number of hydrogen-bond acceptors (Lipinski definition) is 1. The number of aromatic amines is 1. The fraction of sp³-hybridized carbons (Fsp3) is 0.267. The van der Waals surface area contributed by atoms with E-state index in [9.17, 15) is 0 Å². The molecule has 0 fully saturated rings. The maximum absolute atomic E-state index is 4.43. The topological polar surface area (TPSA) is 28.7 Å². The van der Waals surface area contributed by atoms with E-state index in [1.807, 2.05) is 20.8 Å². The third-order valence-corrected chi connectivity index (χ3v) is 2.71. The fourth-order valence-corrected chi connectivity index (χ4v) is 2.00.